The van der Waals surface area contributed by atoms with Gasteiger partial charge in [0.25, 0.3) is 0 Å². The Kier molecular flexibility index (Phi) is 5.26. The van der Waals surface area contributed by atoms with E-state index in [0.29, 0.717) is 6.54 Å². The highest BCUT2D eigenvalue weighted by molar-refractivity contribution is 5.89. The Morgan fingerprint density at radius 3 is 2.52 bits per heavy atom. The minimum absolute atomic E-state index is 0.166. The van der Waals surface area contributed by atoms with E-state index in [9.17, 15) is 14.7 Å². The summed E-state index contributed by atoms with van der Waals surface area (Å²) in [6, 6.07) is 0. The topological polar surface area (TPSA) is 75.6 Å². The van der Waals surface area contributed by atoms with E-state index < -0.39 is 5.97 Å². The van der Waals surface area contributed by atoms with Gasteiger partial charge in [0.2, 0.25) is 0 Å². The Bertz CT molecular complexity index is 436. The van der Waals surface area contributed by atoms with Crippen molar-refractivity contribution < 1.29 is 19.4 Å². The van der Waals surface area contributed by atoms with Gasteiger partial charge in [-0.3, -0.25) is 4.79 Å². The number of rotatable bonds is 6. The standard InChI is InChI=1S/C16H25NO4/c1-21-15(20)12-6-5-7-13(12)17-11-16(10-14(18)19)8-3-2-4-9-16/h17H,2-11H2,1H3,(H,18,19). The zero-order valence-electron chi connectivity index (χ0n) is 12.7. The SMILES string of the molecule is COC(=O)C1=C(NCC2(CC(=O)O)CCCCC2)CCC1. The number of hydrogen-bond donors (Lipinski definition) is 2. The van der Waals surface area contributed by atoms with E-state index >= 15 is 0 Å². The van der Waals surface area contributed by atoms with Crippen LogP contribution in [0.3, 0.4) is 0 Å². The number of carbonyl (C=O) groups excluding carboxylic acids is 1. The molecule has 2 aliphatic rings. The molecule has 0 amide bonds. The van der Waals surface area contributed by atoms with Gasteiger partial charge in [0.05, 0.1) is 19.1 Å². The highest BCUT2D eigenvalue weighted by atomic mass is 16.5. The van der Waals surface area contributed by atoms with E-state index in [1.54, 1.807) is 0 Å². The smallest absolute Gasteiger partial charge is 0.335 e. The summed E-state index contributed by atoms with van der Waals surface area (Å²) in [4.78, 5) is 22.9. The predicted molar refractivity (Wildman–Crippen MR) is 78.7 cm³/mol. The molecule has 21 heavy (non-hydrogen) atoms. The lowest BCUT2D eigenvalue weighted by Crippen LogP contribution is -2.38. The molecule has 0 unspecified atom stereocenters. The molecule has 0 atom stereocenters. The van der Waals surface area contributed by atoms with Crippen LogP contribution in [0.25, 0.3) is 0 Å². The first-order valence-electron chi connectivity index (χ1n) is 7.82. The van der Waals surface area contributed by atoms with Gasteiger partial charge in [-0.25, -0.2) is 4.79 Å². The third-order valence-electron chi connectivity index (χ3n) is 4.77. The Labute approximate surface area is 125 Å². The first-order valence-corrected chi connectivity index (χ1v) is 7.82. The van der Waals surface area contributed by atoms with E-state index in [-0.39, 0.29) is 17.8 Å². The average molecular weight is 295 g/mol. The molecule has 5 nitrogen and oxygen atoms in total. The molecule has 2 aliphatic carbocycles. The highest BCUT2D eigenvalue weighted by Gasteiger charge is 2.35. The van der Waals surface area contributed by atoms with Crippen LogP contribution in [-0.4, -0.2) is 30.7 Å². The summed E-state index contributed by atoms with van der Waals surface area (Å²) < 4.78 is 4.81. The van der Waals surface area contributed by atoms with E-state index in [0.717, 1.165) is 56.2 Å². The largest absolute Gasteiger partial charge is 0.481 e. The van der Waals surface area contributed by atoms with Crippen LogP contribution in [0.1, 0.15) is 57.8 Å². The van der Waals surface area contributed by atoms with E-state index in [1.165, 1.54) is 13.5 Å². The number of methoxy groups -OCH3 is 1. The van der Waals surface area contributed by atoms with Gasteiger partial charge in [-0.2, -0.15) is 0 Å². The molecule has 1 saturated carbocycles. The number of allylic oxidation sites excluding steroid dienone is 1. The van der Waals surface area contributed by atoms with Gasteiger partial charge in [-0.1, -0.05) is 19.3 Å². The van der Waals surface area contributed by atoms with Crippen molar-refractivity contribution >= 4 is 11.9 Å². The summed E-state index contributed by atoms with van der Waals surface area (Å²) in [5.41, 5.74) is 1.52. The summed E-state index contributed by atoms with van der Waals surface area (Å²) in [7, 11) is 1.40. The molecule has 0 radical (unpaired) electrons. The molecule has 0 aromatic carbocycles. The quantitative estimate of drug-likeness (QED) is 0.737. The lowest BCUT2D eigenvalue weighted by molar-refractivity contribution is -0.140. The Morgan fingerprint density at radius 2 is 1.90 bits per heavy atom. The van der Waals surface area contributed by atoms with Crippen molar-refractivity contribution in [3.05, 3.63) is 11.3 Å². The van der Waals surface area contributed by atoms with Crippen LogP contribution < -0.4 is 5.32 Å². The van der Waals surface area contributed by atoms with Crippen molar-refractivity contribution in [2.45, 2.75) is 57.8 Å². The lowest BCUT2D eigenvalue weighted by atomic mass is 9.71. The average Bonchev–Trinajstić information content (AvgIpc) is 2.93. The van der Waals surface area contributed by atoms with Gasteiger partial charge in [0, 0.05) is 12.2 Å². The zero-order valence-corrected chi connectivity index (χ0v) is 12.7. The third-order valence-corrected chi connectivity index (χ3v) is 4.77. The minimum atomic E-state index is -0.729. The summed E-state index contributed by atoms with van der Waals surface area (Å²) in [6.45, 7) is 0.648. The maximum Gasteiger partial charge on any atom is 0.335 e. The Balaban J connectivity index is 2.04. The Morgan fingerprint density at radius 1 is 1.19 bits per heavy atom. The summed E-state index contributed by atoms with van der Waals surface area (Å²) in [5.74, 6) is -0.988. The number of esters is 1. The summed E-state index contributed by atoms with van der Waals surface area (Å²) in [6.07, 6.45) is 8.06. The second-order valence-corrected chi connectivity index (χ2v) is 6.29. The number of ether oxygens (including phenoxy) is 1. The molecule has 0 bridgehead atoms. The molecule has 0 aliphatic heterocycles. The van der Waals surface area contributed by atoms with Crippen LogP contribution in [0, 0.1) is 5.41 Å². The molecule has 0 aromatic heterocycles. The molecule has 0 aromatic rings. The van der Waals surface area contributed by atoms with Crippen LogP contribution in [-0.2, 0) is 14.3 Å². The van der Waals surface area contributed by atoms with Crippen LogP contribution >= 0.6 is 0 Å². The number of carboxylic acids is 1. The molecule has 0 spiro atoms. The van der Waals surface area contributed by atoms with Crippen LogP contribution in [0.4, 0.5) is 0 Å². The zero-order chi connectivity index (χ0) is 15.3. The summed E-state index contributed by atoms with van der Waals surface area (Å²) in [5, 5.41) is 12.6. The third kappa shape index (κ3) is 3.99. The number of nitrogens with one attached hydrogen (secondary N) is 1. The van der Waals surface area contributed by atoms with Gasteiger partial charge in [-0.05, 0) is 37.5 Å². The van der Waals surface area contributed by atoms with Crippen molar-refractivity contribution in [2.75, 3.05) is 13.7 Å². The molecule has 5 heteroatoms. The fourth-order valence-electron chi connectivity index (χ4n) is 3.62. The molecule has 1 fully saturated rings. The first-order chi connectivity index (χ1) is 10.1. The minimum Gasteiger partial charge on any atom is -0.481 e. The molecule has 0 heterocycles. The van der Waals surface area contributed by atoms with Crippen molar-refractivity contribution in [3.8, 4) is 0 Å². The molecular formula is C16H25NO4. The molecule has 2 rings (SSSR count). The van der Waals surface area contributed by atoms with Crippen molar-refractivity contribution in [1.29, 1.82) is 0 Å². The van der Waals surface area contributed by atoms with E-state index in [4.69, 9.17) is 4.74 Å². The second-order valence-electron chi connectivity index (χ2n) is 6.29. The lowest BCUT2D eigenvalue weighted by Gasteiger charge is -2.36. The van der Waals surface area contributed by atoms with Crippen molar-refractivity contribution in [3.63, 3.8) is 0 Å². The molecular weight excluding hydrogens is 270 g/mol. The second kappa shape index (κ2) is 6.96. The number of carboxylic acid groups (broad SMARTS) is 1. The summed E-state index contributed by atoms with van der Waals surface area (Å²) >= 11 is 0. The fourth-order valence-corrected chi connectivity index (χ4v) is 3.62. The number of carbonyl (C=O) groups is 2. The van der Waals surface area contributed by atoms with Crippen molar-refractivity contribution in [1.82, 2.24) is 5.32 Å². The van der Waals surface area contributed by atoms with Gasteiger partial charge < -0.3 is 15.2 Å². The molecule has 2 N–H and O–H groups in total. The van der Waals surface area contributed by atoms with Crippen molar-refractivity contribution in [2.24, 2.45) is 5.41 Å². The van der Waals surface area contributed by atoms with Crippen LogP contribution in [0.5, 0.6) is 0 Å². The fraction of sp³-hybridized carbons (Fsp3) is 0.750. The monoisotopic (exact) mass is 295 g/mol. The normalized spacial score (nSPS) is 21.2. The first kappa shape index (κ1) is 15.9. The van der Waals surface area contributed by atoms with Gasteiger partial charge in [-0.15, -0.1) is 0 Å². The highest BCUT2D eigenvalue weighted by Crippen LogP contribution is 2.39. The predicted octanol–water partition coefficient (Wildman–Crippen LogP) is 2.61. The van der Waals surface area contributed by atoms with Gasteiger partial charge >= 0.3 is 11.9 Å². The van der Waals surface area contributed by atoms with Crippen LogP contribution in [0.2, 0.25) is 0 Å². The molecule has 0 saturated heterocycles. The van der Waals surface area contributed by atoms with E-state index in [2.05, 4.69) is 5.32 Å². The van der Waals surface area contributed by atoms with Gasteiger partial charge in [0.1, 0.15) is 0 Å². The number of hydrogen-bond acceptors (Lipinski definition) is 4. The maximum absolute atomic E-state index is 11.7. The Hall–Kier alpha value is -1.52. The van der Waals surface area contributed by atoms with E-state index in [1.807, 2.05) is 0 Å². The van der Waals surface area contributed by atoms with Gasteiger partial charge in [0.15, 0.2) is 0 Å². The van der Waals surface area contributed by atoms with Crippen LogP contribution in [0.15, 0.2) is 11.3 Å². The maximum atomic E-state index is 11.7. The number of aliphatic carboxylic acids is 1. The molecule has 118 valence electrons.